The Bertz CT molecular complexity index is 479. The van der Waals surface area contributed by atoms with Crippen molar-refractivity contribution >= 4 is 12.1 Å². The average molecular weight is 293 g/mol. The second-order valence-electron chi connectivity index (χ2n) is 6.55. The molecule has 2 rings (SSSR count). The third-order valence-corrected chi connectivity index (χ3v) is 3.76. The predicted molar refractivity (Wildman–Crippen MR) is 78.8 cm³/mol. The first kappa shape index (κ1) is 15.6. The van der Waals surface area contributed by atoms with E-state index in [1.807, 2.05) is 20.8 Å². The van der Waals surface area contributed by atoms with Gasteiger partial charge in [0.05, 0.1) is 0 Å². The Hall–Kier alpha value is -1.78. The van der Waals surface area contributed by atoms with Crippen LogP contribution >= 0.6 is 0 Å². The smallest absolute Gasteiger partial charge is 0.410 e. The van der Waals surface area contributed by atoms with Gasteiger partial charge in [0.15, 0.2) is 0 Å². The molecule has 2 aliphatic rings. The second kappa shape index (κ2) is 5.54. The topological polar surface area (TPSA) is 55.8 Å². The molecule has 1 fully saturated rings. The van der Waals surface area contributed by atoms with Crippen LogP contribution in [0.1, 0.15) is 40.0 Å². The van der Waals surface area contributed by atoms with E-state index < -0.39 is 11.2 Å². The Morgan fingerprint density at radius 2 is 2.10 bits per heavy atom. The van der Waals surface area contributed by atoms with Gasteiger partial charge in [-0.2, -0.15) is 0 Å². The number of carbonyl (C=O) groups excluding carboxylic acids is 2. The highest BCUT2D eigenvalue weighted by molar-refractivity contribution is 5.87. The minimum atomic E-state index is -0.552. The van der Waals surface area contributed by atoms with Crippen molar-refractivity contribution in [1.82, 2.24) is 4.90 Å². The third kappa shape index (κ3) is 3.46. The molecule has 1 amide bonds. The maximum atomic E-state index is 12.1. The van der Waals surface area contributed by atoms with Crippen LogP contribution in [0.25, 0.3) is 0 Å². The number of hydrogen-bond donors (Lipinski definition) is 0. The zero-order chi connectivity index (χ0) is 15.7. The maximum Gasteiger partial charge on any atom is 0.410 e. The molecule has 0 N–H and O–H groups in total. The van der Waals surface area contributed by atoms with Crippen molar-refractivity contribution < 1.29 is 19.1 Å². The summed E-state index contributed by atoms with van der Waals surface area (Å²) in [7, 11) is 0. The lowest BCUT2D eigenvalue weighted by Crippen LogP contribution is -2.49. The minimum absolute atomic E-state index is 0.294. The van der Waals surface area contributed by atoms with Crippen LogP contribution in [-0.4, -0.2) is 41.3 Å². The monoisotopic (exact) mass is 293 g/mol. The molecule has 116 valence electrons. The molecule has 0 aromatic carbocycles. The van der Waals surface area contributed by atoms with E-state index in [1.54, 1.807) is 17.1 Å². The van der Waals surface area contributed by atoms with Crippen LogP contribution in [-0.2, 0) is 14.3 Å². The van der Waals surface area contributed by atoms with E-state index in [1.165, 1.54) is 0 Å². The molecular formula is C16H23NO4. The quantitative estimate of drug-likeness (QED) is 0.580. The number of carbonyl (C=O) groups is 2. The third-order valence-electron chi connectivity index (χ3n) is 3.76. The van der Waals surface area contributed by atoms with Crippen molar-refractivity contribution in [3.05, 3.63) is 24.3 Å². The summed E-state index contributed by atoms with van der Waals surface area (Å²) in [5.74, 6) is -0.294. The Morgan fingerprint density at radius 1 is 1.48 bits per heavy atom. The zero-order valence-electron chi connectivity index (χ0n) is 13.0. The lowest BCUT2D eigenvalue weighted by molar-refractivity contribution is -0.149. The van der Waals surface area contributed by atoms with E-state index in [0.29, 0.717) is 32.4 Å². The van der Waals surface area contributed by atoms with Crippen molar-refractivity contribution in [3.63, 3.8) is 0 Å². The number of piperidine rings is 1. The summed E-state index contributed by atoms with van der Waals surface area (Å²) in [6.45, 7) is 10.3. The van der Waals surface area contributed by atoms with Gasteiger partial charge in [-0.1, -0.05) is 6.08 Å². The number of ether oxygens (including phenoxy) is 2. The fourth-order valence-corrected chi connectivity index (χ4v) is 2.76. The summed E-state index contributed by atoms with van der Waals surface area (Å²) in [5.41, 5.74) is -0.0877. The van der Waals surface area contributed by atoms with Gasteiger partial charge in [0.25, 0.3) is 0 Å². The molecule has 0 saturated carbocycles. The number of hydrogen-bond acceptors (Lipinski definition) is 4. The molecule has 2 heterocycles. The SMILES string of the molecule is C=CCC1=CC(=O)OC12CCN(C(=O)OC(C)(C)C)CC2. The van der Waals surface area contributed by atoms with Crippen LogP contribution in [0.4, 0.5) is 4.79 Å². The molecule has 0 unspecified atom stereocenters. The Morgan fingerprint density at radius 3 is 2.62 bits per heavy atom. The van der Waals surface area contributed by atoms with Crippen LogP contribution in [0.2, 0.25) is 0 Å². The van der Waals surface area contributed by atoms with Gasteiger partial charge in [0.2, 0.25) is 0 Å². The lowest BCUT2D eigenvalue weighted by atomic mass is 9.83. The highest BCUT2D eigenvalue weighted by Gasteiger charge is 2.45. The molecule has 0 atom stereocenters. The van der Waals surface area contributed by atoms with E-state index in [9.17, 15) is 9.59 Å². The fourth-order valence-electron chi connectivity index (χ4n) is 2.76. The molecule has 5 nitrogen and oxygen atoms in total. The molecule has 1 spiro atoms. The van der Waals surface area contributed by atoms with E-state index >= 15 is 0 Å². The molecule has 0 bridgehead atoms. The molecule has 5 heteroatoms. The molecule has 0 aliphatic carbocycles. The number of esters is 1. The van der Waals surface area contributed by atoms with Gasteiger partial charge in [-0.15, -0.1) is 6.58 Å². The first-order valence-corrected chi connectivity index (χ1v) is 7.29. The number of rotatable bonds is 2. The highest BCUT2D eigenvalue weighted by Crippen LogP contribution is 2.39. The summed E-state index contributed by atoms with van der Waals surface area (Å²) < 4.78 is 10.9. The van der Waals surface area contributed by atoms with E-state index in [4.69, 9.17) is 9.47 Å². The molecule has 1 saturated heterocycles. The van der Waals surface area contributed by atoms with Crippen LogP contribution in [0.3, 0.4) is 0 Å². The van der Waals surface area contributed by atoms with E-state index in [2.05, 4.69) is 6.58 Å². The van der Waals surface area contributed by atoms with E-state index in [0.717, 1.165) is 5.57 Å². The number of amides is 1. The van der Waals surface area contributed by atoms with E-state index in [-0.39, 0.29) is 12.1 Å². The molecule has 2 aliphatic heterocycles. The lowest BCUT2D eigenvalue weighted by Gasteiger charge is -2.40. The van der Waals surface area contributed by atoms with Gasteiger partial charge in [0.1, 0.15) is 11.2 Å². The second-order valence-corrected chi connectivity index (χ2v) is 6.55. The summed E-state index contributed by atoms with van der Waals surface area (Å²) >= 11 is 0. The van der Waals surface area contributed by atoms with Crippen LogP contribution in [0.5, 0.6) is 0 Å². The molecular weight excluding hydrogens is 270 g/mol. The number of nitrogens with zero attached hydrogens (tertiary/aromatic N) is 1. The molecule has 0 aromatic rings. The van der Waals surface area contributed by atoms with Gasteiger partial charge in [0, 0.05) is 32.0 Å². The Labute approximate surface area is 125 Å². The standard InChI is InChI=1S/C16H23NO4/c1-5-6-12-11-13(18)20-16(12)7-9-17(10-8-16)14(19)21-15(2,3)4/h5,11H,1,6-10H2,2-4H3. The van der Waals surface area contributed by atoms with Crippen LogP contribution < -0.4 is 0 Å². The fraction of sp³-hybridized carbons (Fsp3) is 0.625. The van der Waals surface area contributed by atoms with Gasteiger partial charge in [-0.05, 0) is 32.8 Å². The Balaban J connectivity index is 2.00. The van der Waals surface area contributed by atoms with Crippen molar-refractivity contribution in [2.75, 3.05) is 13.1 Å². The van der Waals surface area contributed by atoms with Crippen molar-refractivity contribution in [1.29, 1.82) is 0 Å². The summed E-state index contributed by atoms with van der Waals surface area (Å²) in [5, 5.41) is 0. The highest BCUT2D eigenvalue weighted by atomic mass is 16.6. The van der Waals surface area contributed by atoms with Gasteiger partial charge in [-0.3, -0.25) is 0 Å². The minimum Gasteiger partial charge on any atom is -0.451 e. The van der Waals surface area contributed by atoms with Crippen molar-refractivity contribution in [2.45, 2.75) is 51.2 Å². The summed E-state index contributed by atoms with van der Waals surface area (Å²) in [6, 6.07) is 0. The molecule has 21 heavy (non-hydrogen) atoms. The van der Waals surface area contributed by atoms with Gasteiger partial charge in [-0.25, -0.2) is 9.59 Å². The number of likely N-dealkylation sites (tertiary alicyclic amines) is 1. The zero-order valence-corrected chi connectivity index (χ0v) is 13.0. The first-order chi connectivity index (χ1) is 9.76. The van der Waals surface area contributed by atoms with Gasteiger partial charge < -0.3 is 14.4 Å². The average Bonchev–Trinajstić information content (AvgIpc) is 2.65. The molecule has 0 radical (unpaired) electrons. The largest absolute Gasteiger partial charge is 0.451 e. The normalized spacial score (nSPS) is 21.0. The Kier molecular flexibility index (Phi) is 4.12. The number of allylic oxidation sites excluding steroid dienone is 1. The maximum absolute atomic E-state index is 12.1. The van der Waals surface area contributed by atoms with Crippen LogP contribution in [0.15, 0.2) is 24.3 Å². The van der Waals surface area contributed by atoms with Crippen molar-refractivity contribution in [2.24, 2.45) is 0 Å². The molecule has 0 aromatic heterocycles. The predicted octanol–water partition coefficient (Wildman–Crippen LogP) is 2.82. The summed E-state index contributed by atoms with van der Waals surface area (Å²) in [6.07, 6.45) is 4.88. The first-order valence-electron chi connectivity index (χ1n) is 7.29. The van der Waals surface area contributed by atoms with Crippen molar-refractivity contribution in [3.8, 4) is 0 Å². The summed E-state index contributed by atoms with van der Waals surface area (Å²) in [4.78, 5) is 25.3. The van der Waals surface area contributed by atoms with Crippen LogP contribution in [0, 0.1) is 0 Å². The van der Waals surface area contributed by atoms with Gasteiger partial charge >= 0.3 is 12.1 Å².